The van der Waals surface area contributed by atoms with Gasteiger partial charge in [0, 0.05) is 0 Å². The van der Waals surface area contributed by atoms with Gasteiger partial charge >= 0.3 is 0 Å². The standard InChI is InChI=1S/C16H33N/c1-12(2)10-17-11-14-7-8-15(9-13(14)3)16(4,5)6/h12-15,17H,7-11H2,1-6H3. The third kappa shape index (κ3) is 4.99. The molecule has 1 aliphatic rings. The zero-order valence-corrected chi connectivity index (χ0v) is 12.8. The van der Waals surface area contributed by atoms with Crippen LogP contribution in [0.5, 0.6) is 0 Å². The normalized spacial score (nSPS) is 30.9. The van der Waals surface area contributed by atoms with E-state index in [0.29, 0.717) is 5.41 Å². The Balaban J connectivity index is 2.33. The van der Waals surface area contributed by atoms with E-state index in [4.69, 9.17) is 0 Å². The predicted molar refractivity (Wildman–Crippen MR) is 77.2 cm³/mol. The van der Waals surface area contributed by atoms with Crippen LogP contribution >= 0.6 is 0 Å². The Morgan fingerprint density at radius 2 is 1.82 bits per heavy atom. The van der Waals surface area contributed by atoms with Crippen molar-refractivity contribution in [1.29, 1.82) is 0 Å². The molecular formula is C16H33N. The molecule has 1 nitrogen and oxygen atoms in total. The number of hydrogen-bond acceptors (Lipinski definition) is 1. The maximum Gasteiger partial charge on any atom is -0.00179 e. The minimum absolute atomic E-state index is 0.505. The average molecular weight is 239 g/mol. The van der Waals surface area contributed by atoms with Crippen molar-refractivity contribution < 1.29 is 0 Å². The average Bonchev–Trinajstić information content (AvgIpc) is 2.18. The molecule has 1 aliphatic carbocycles. The minimum atomic E-state index is 0.505. The van der Waals surface area contributed by atoms with Gasteiger partial charge in [0.05, 0.1) is 0 Å². The highest BCUT2D eigenvalue weighted by molar-refractivity contribution is 4.84. The van der Waals surface area contributed by atoms with Crippen LogP contribution in [0.25, 0.3) is 0 Å². The lowest BCUT2D eigenvalue weighted by molar-refractivity contribution is 0.106. The Hall–Kier alpha value is -0.0400. The highest BCUT2D eigenvalue weighted by atomic mass is 14.9. The Labute approximate surface area is 109 Å². The molecule has 1 saturated carbocycles. The Morgan fingerprint density at radius 3 is 2.29 bits per heavy atom. The van der Waals surface area contributed by atoms with Crippen molar-refractivity contribution in [1.82, 2.24) is 5.32 Å². The lowest BCUT2D eigenvalue weighted by Gasteiger charge is -2.41. The van der Waals surface area contributed by atoms with Gasteiger partial charge < -0.3 is 5.32 Å². The molecule has 0 aliphatic heterocycles. The van der Waals surface area contributed by atoms with Crippen LogP contribution in [0, 0.1) is 29.1 Å². The molecule has 0 bridgehead atoms. The number of rotatable bonds is 4. The summed E-state index contributed by atoms with van der Waals surface area (Å²) in [6, 6.07) is 0. The molecule has 0 spiro atoms. The highest BCUT2D eigenvalue weighted by Gasteiger charge is 2.33. The summed E-state index contributed by atoms with van der Waals surface area (Å²) in [5.41, 5.74) is 0.505. The minimum Gasteiger partial charge on any atom is -0.316 e. The van der Waals surface area contributed by atoms with Crippen LogP contribution in [0.4, 0.5) is 0 Å². The van der Waals surface area contributed by atoms with E-state index in [2.05, 4.69) is 46.9 Å². The second kappa shape index (κ2) is 6.22. The first kappa shape index (κ1) is 15.0. The third-order valence-electron chi connectivity index (χ3n) is 4.53. The smallest absolute Gasteiger partial charge is 0.00179 e. The molecule has 17 heavy (non-hydrogen) atoms. The zero-order valence-electron chi connectivity index (χ0n) is 12.8. The molecular weight excluding hydrogens is 206 g/mol. The quantitative estimate of drug-likeness (QED) is 0.770. The van der Waals surface area contributed by atoms with Crippen LogP contribution in [-0.4, -0.2) is 13.1 Å². The van der Waals surface area contributed by atoms with E-state index < -0.39 is 0 Å². The first-order chi connectivity index (χ1) is 7.80. The lowest BCUT2D eigenvalue weighted by atomic mass is 9.66. The van der Waals surface area contributed by atoms with E-state index in [-0.39, 0.29) is 0 Å². The van der Waals surface area contributed by atoms with Crippen LogP contribution < -0.4 is 5.32 Å². The number of hydrogen-bond donors (Lipinski definition) is 1. The molecule has 1 heteroatoms. The molecule has 0 saturated heterocycles. The van der Waals surface area contributed by atoms with Crippen molar-refractivity contribution in [2.24, 2.45) is 29.1 Å². The molecule has 0 radical (unpaired) electrons. The molecule has 3 unspecified atom stereocenters. The topological polar surface area (TPSA) is 12.0 Å². The van der Waals surface area contributed by atoms with Gasteiger partial charge in [0.15, 0.2) is 0 Å². The second-order valence-corrected chi connectivity index (χ2v) is 7.67. The first-order valence-electron chi connectivity index (χ1n) is 7.51. The molecule has 0 aromatic carbocycles. The van der Waals surface area contributed by atoms with Crippen LogP contribution in [0.15, 0.2) is 0 Å². The summed E-state index contributed by atoms with van der Waals surface area (Å²) in [5.74, 6) is 3.51. The summed E-state index contributed by atoms with van der Waals surface area (Å²) in [6.07, 6.45) is 4.29. The monoisotopic (exact) mass is 239 g/mol. The lowest BCUT2D eigenvalue weighted by Crippen LogP contribution is -2.36. The van der Waals surface area contributed by atoms with E-state index in [1.807, 2.05) is 0 Å². The summed E-state index contributed by atoms with van der Waals surface area (Å²) in [5, 5.41) is 3.64. The Morgan fingerprint density at radius 1 is 1.18 bits per heavy atom. The molecule has 102 valence electrons. The summed E-state index contributed by atoms with van der Waals surface area (Å²) in [6.45, 7) is 16.6. The SMILES string of the molecule is CC(C)CNCC1CCC(C(C)(C)C)CC1C. The highest BCUT2D eigenvalue weighted by Crippen LogP contribution is 2.42. The number of nitrogens with one attached hydrogen (secondary N) is 1. The van der Waals surface area contributed by atoms with Crippen molar-refractivity contribution in [2.75, 3.05) is 13.1 Å². The van der Waals surface area contributed by atoms with Crippen LogP contribution in [0.2, 0.25) is 0 Å². The van der Waals surface area contributed by atoms with Gasteiger partial charge in [-0.2, -0.15) is 0 Å². The van der Waals surface area contributed by atoms with Crippen LogP contribution in [0.3, 0.4) is 0 Å². The second-order valence-electron chi connectivity index (χ2n) is 7.67. The van der Waals surface area contributed by atoms with Crippen molar-refractivity contribution >= 4 is 0 Å². The van der Waals surface area contributed by atoms with Crippen molar-refractivity contribution in [2.45, 2.75) is 60.8 Å². The van der Waals surface area contributed by atoms with Crippen LogP contribution in [0.1, 0.15) is 60.8 Å². The largest absolute Gasteiger partial charge is 0.316 e. The molecule has 3 atom stereocenters. The fourth-order valence-corrected chi connectivity index (χ4v) is 3.11. The van der Waals surface area contributed by atoms with Gasteiger partial charge in [0.25, 0.3) is 0 Å². The maximum absolute atomic E-state index is 3.64. The Kier molecular flexibility index (Phi) is 5.50. The fraction of sp³-hybridized carbons (Fsp3) is 1.00. The predicted octanol–water partition coefficient (Wildman–Crippen LogP) is 4.33. The molecule has 0 heterocycles. The third-order valence-corrected chi connectivity index (χ3v) is 4.53. The molecule has 1 rings (SSSR count). The van der Waals surface area contributed by atoms with Gasteiger partial charge in [-0.05, 0) is 61.4 Å². The first-order valence-corrected chi connectivity index (χ1v) is 7.51. The van der Waals surface area contributed by atoms with Crippen LogP contribution in [-0.2, 0) is 0 Å². The molecule has 0 amide bonds. The van der Waals surface area contributed by atoms with Crippen molar-refractivity contribution in [3.8, 4) is 0 Å². The zero-order chi connectivity index (χ0) is 13.1. The van der Waals surface area contributed by atoms with E-state index >= 15 is 0 Å². The fourth-order valence-electron chi connectivity index (χ4n) is 3.11. The van der Waals surface area contributed by atoms with E-state index in [1.165, 1.54) is 32.4 Å². The molecule has 1 N–H and O–H groups in total. The van der Waals surface area contributed by atoms with Gasteiger partial charge in [0.1, 0.15) is 0 Å². The van der Waals surface area contributed by atoms with E-state index in [1.54, 1.807) is 0 Å². The van der Waals surface area contributed by atoms with Gasteiger partial charge in [-0.3, -0.25) is 0 Å². The summed E-state index contributed by atoms with van der Waals surface area (Å²) >= 11 is 0. The van der Waals surface area contributed by atoms with Gasteiger partial charge in [-0.25, -0.2) is 0 Å². The van der Waals surface area contributed by atoms with Gasteiger partial charge in [0.2, 0.25) is 0 Å². The molecule has 0 aromatic rings. The van der Waals surface area contributed by atoms with Gasteiger partial charge in [-0.15, -0.1) is 0 Å². The molecule has 1 fully saturated rings. The van der Waals surface area contributed by atoms with Crippen molar-refractivity contribution in [3.05, 3.63) is 0 Å². The summed E-state index contributed by atoms with van der Waals surface area (Å²) in [4.78, 5) is 0. The maximum atomic E-state index is 3.64. The van der Waals surface area contributed by atoms with Gasteiger partial charge in [-0.1, -0.05) is 41.5 Å². The molecule has 0 aromatic heterocycles. The van der Waals surface area contributed by atoms with Crippen molar-refractivity contribution in [3.63, 3.8) is 0 Å². The van der Waals surface area contributed by atoms with E-state index in [0.717, 1.165) is 23.7 Å². The summed E-state index contributed by atoms with van der Waals surface area (Å²) < 4.78 is 0. The summed E-state index contributed by atoms with van der Waals surface area (Å²) in [7, 11) is 0. The Bertz CT molecular complexity index is 214. The van der Waals surface area contributed by atoms with E-state index in [9.17, 15) is 0 Å².